The van der Waals surface area contributed by atoms with E-state index in [9.17, 15) is 13.2 Å². The number of rotatable bonds is 5. The second kappa shape index (κ2) is 6.29. The zero-order chi connectivity index (χ0) is 13.8. The zero-order valence-electron chi connectivity index (χ0n) is 10.0. The van der Waals surface area contributed by atoms with Crippen LogP contribution in [0.4, 0.5) is 18.9 Å². The van der Waals surface area contributed by atoms with Crippen molar-refractivity contribution in [3.05, 3.63) is 28.8 Å². The SMILES string of the molecule is CCCC(CN)Nc1cc(Cl)cc(C(F)(F)F)c1. The zero-order valence-corrected chi connectivity index (χ0v) is 10.8. The lowest BCUT2D eigenvalue weighted by Crippen LogP contribution is -2.28. The average molecular weight is 281 g/mol. The molecule has 0 aliphatic rings. The molecule has 0 saturated heterocycles. The first kappa shape index (κ1) is 15.1. The fourth-order valence-electron chi connectivity index (χ4n) is 1.67. The molecule has 3 N–H and O–H groups in total. The maximum Gasteiger partial charge on any atom is 0.416 e. The van der Waals surface area contributed by atoms with Gasteiger partial charge in [-0.1, -0.05) is 24.9 Å². The van der Waals surface area contributed by atoms with Crippen LogP contribution < -0.4 is 11.1 Å². The molecule has 18 heavy (non-hydrogen) atoms. The first-order valence-corrected chi connectivity index (χ1v) is 6.09. The summed E-state index contributed by atoms with van der Waals surface area (Å²) in [4.78, 5) is 0. The van der Waals surface area contributed by atoms with E-state index >= 15 is 0 Å². The standard InChI is InChI=1S/C12H16ClF3N2/c1-2-3-10(7-17)18-11-5-8(12(14,15)16)4-9(13)6-11/h4-6,10,18H,2-3,7,17H2,1H3. The van der Waals surface area contributed by atoms with Crippen molar-refractivity contribution in [2.24, 2.45) is 5.73 Å². The number of halogens is 4. The van der Waals surface area contributed by atoms with Crippen molar-refractivity contribution in [1.29, 1.82) is 0 Å². The van der Waals surface area contributed by atoms with Crippen LogP contribution in [0, 0.1) is 0 Å². The van der Waals surface area contributed by atoms with Gasteiger partial charge in [0.25, 0.3) is 0 Å². The van der Waals surface area contributed by atoms with Gasteiger partial charge in [-0.05, 0) is 24.6 Å². The summed E-state index contributed by atoms with van der Waals surface area (Å²) in [5, 5.41) is 3.03. The lowest BCUT2D eigenvalue weighted by molar-refractivity contribution is -0.137. The molecule has 1 aromatic carbocycles. The van der Waals surface area contributed by atoms with Gasteiger partial charge in [-0.3, -0.25) is 0 Å². The molecule has 1 rings (SSSR count). The Balaban J connectivity index is 2.92. The van der Waals surface area contributed by atoms with E-state index in [-0.39, 0.29) is 11.1 Å². The van der Waals surface area contributed by atoms with Crippen molar-refractivity contribution in [3.8, 4) is 0 Å². The predicted octanol–water partition coefficient (Wildman–Crippen LogP) is 3.90. The van der Waals surface area contributed by atoms with Gasteiger partial charge in [0.15, 0.2) is 0 Å². The molecule has 0 amide bonds. The molecule has 1 atom stereocenters. The first-order chi connectivity index (χ1) is 8.36. The molecule has 0 heterocycles. The lowest BCUT2D eigenvalue weighted by Gasteiger charge is -2.18. The highest BCUT2D eigenvalue weighted by Crippen LogP contribution is 2.33. The van der Waals surface area contributed by atoms with Crippen molar-refractivity contribution < 1.29 is 13.2 Å². The topological polar surface area (TPSA) is 38.0 Å². The summed E-state index contributed by atoms with van der Waals surface area (Å²) in [7, 11) is 0. The Hall–Kier alpha value is -0.940. The van der Waals surface area contributed by atoms with E-state index in [0.717, 1.165) is 25.0 Å². The van der Waals surface area contributed by atoms with Crippen LogP contribution in [-0.2, 0) is 6.18 Å². The number of anilines is 1. The van der Waals surface area contributed by atoms with E-state index in [1.54, 1.807) is 0 Å². The molecular formula is C12H16ClF3N2. The molecular weight excluding hydrogens is 265 g/mol. The second-order valence-electron chi connectivity index (χ2n) is 4.09. The molecule has 0 aromatic heterocycles. The van der Waals surface area contributed by atoms with Gasteiger partial charge < -0.3 is 11.1 Å². The third-order valence-electron chi connectivity index (χ3n) is 2.52. The average Bonchev–Trinajstić information content (AvgIpc) is 2.26. The molecule has 0 saturated carbocycles. The normalized spacial score (nSPS) is 13.4. The Morgan fingerprint density at radius 1 is 1.33 bits per heavy atom. The van der Waals surface area contributed by atoms with E-state index < -0.39 is 11.7 Å². The Morgan fingerprint density at radius 2 is 2.00 bits per heavy atom. The molecule has 102 valence electrons. The highest BCUT2D eigenvalue weighted by molar-refractivity contribution is 6.30. The fourth-order valence-corrected chi connectivity index (χ4v) is 1.90. The fraction of sp³-hybridized carbons (Fsp3) is 0.500. The Kier molecular flexibility index (Phi) is 5.28. The molecule has 0 aliphatic heterocycles. The van der Waals surface area contributed by atoms with Gasteiger partial charge in [-0.2, -0.15) is 13.2 Å². The quantitative estimate of drug-likeness (QED) is 0.858. The van der Waals surface area contributed by atoms with Crippen LogP contribution in [0.5, 0.6) is 0 Å². The summed E-state index contributed by atoms with van der Waals surface area (Å²) in [5.74, 6) is 0. The van der Waals surface area contributed by atoms with Gasteiger partial charge in [0.2, 0.25) is 0 Å². The molecule has 1 unspecified atom stereocenters. The molecule has 0 fully saturated rings. The van der Waals surface area contributed by atoms with E-state index in [0.29, 0.717) is 12.2 Å². The third-order valence-corrected chi connectivity index (χ3v) is 2.74. The third kappa shape index (κ3) is 4.38. The minimum absolute atomic E-state index is 0.0467. The monoisotopic (exact) mass is 280 g/mol. The molecule has 0 spiro atoms. The molecule has 2 nitrogen and oxygen atoms in total. The minimum atomic E-state index is -4.40. The van der Waals surface area contributed by atoms with Crippen LogP contribution >= 0.6 is 11.6 Å². The number of alkyl halides is 3. The molecule has 0 bridgehead atoms. The molecule has 6 heteroatoms. The van der Waals surface area contributed by atoms with Crippen LogP contribution in [0.15, 0.2) is 18.2 Å². The van der Waals surface area contributed by atoms with Crippen molar-refractivity contribution in [1.82, 2.24) is 0 Å². The van der Waals surface area contributed by atoms with Crippen LogP contribution in [0.1, 0.15) is 25.3 Å². The van der Waals surface area contributed by atoms with Crippen LogP contribution in [0.25, 0.3) is 0 Å². The summed E-state index contributed by atoms with van der Waals surface area (Å²) in [6.07, 6.45) is -2.70. The van der Waals surface area contributed by atoms with Gasteiger partial charge in [-0.25, -0.2) is 0 Å². The van der Waals surface area contributed by atoms with Gasteiger partial charge in [0.1, 0.15) is 0 Å². The maximum absolute atomic E-state index is 12.6. The van der Waals surface area contributed by atoms with Crippen molar-refractivity contribution in [3.63, 3.8) is 0 Å². The minimum Gasteiger partial charge on any atom is -0.381 e. The highest BCUT2D eigenvalue weighted by atomic mass is 35.5. The first-order valence-electron chi connectivity index (χ1n) is 5.71. The molecule has 0 aliphatic carbocycles. The van der Waals surface area contributed by atoms with Gasteiger partial charge in [0.05, 0.1) is 5.56 Å². The smallest absolute Gasteiger partial charge is 0.381 e. The number of nitrogens with two attached hydrogens (primary N) is 1. The molecule has 0 radical (unpaired) electrons. The Bertz CT molecular complexity index is 393. The van der Waals surface area contributed by atoms with Crippen molar-refractivity contribution in [2.75, 3.05) is 11.9 Å². The second-order valence-corrected chi connectivity index (χ2v) is 4.53. The largest absolute Gasteiger partial charge is 0.416 e. The van der Waals surface area contributed by atoms with E-state index in [4.69, 9.17) is 17.3 Å². The number of hydrogen-bond donors (Lipinski definition) is 2. The maximum atomic E-state index is 12.6. The summed E-state index contributed by atoms with van der Waals surface area (Å²) in [6.45, 7) is 2.35. The summed E-state index contributed by atoms with van der Waals surface area (Å²) < 4.78 is 37.8. The number of hydrogen-bond acceptors (Lipinski definition) is 2. The Labute approximate surface area is 109 Å². The van der Waals surface area contributed by atoms with Crippen LogP contribution in [-0.4, -0.2) is 12.6 Å². The summed E-state index contributed by atoms with van der Waals surface area (Å²) in [5.41, 5.74) is 5.14. The van der Waals surface area contributed by atoms with Crippen molar-refractivity contribution >= 4 is 17.3 Å². The van der Waals surface area contributed by atoms with E-state index in [1.807, 2.05) is 6.92 Å². The Morgan fingerprint density at radius 3 is 2.50 bits per heavy atom. The summed E-state index contributed by atoms with van der Waals surface area (Å²) >= 11 is 5.69. The predicted molar refractivity (Wildman–Crippen MR) is 67.8 cm³/mol. The van der Waals surface area contributed by atoms with Gasteiger partial charge in [-0.15, -0.1) is 0 Å². The lowest BCUT2D eigenvalue weighted by atomic mass is 10.1. The van der Waals surface area contributed by atoms with Crippen LogP contribution in [0.2, 0.25) is 5.02 Å². The summed E-state index contributed by atoms with van der Waals surface area (Å²) in [6, 6.07) is 3.37. The van der Waals surface area contributed by atoms with Crippen LogP contribution in [0.3, 0.4) is 0 Å². The van der Waals surface area contributed by atoms with Gasteiger partial charge >= 0.3 is 6.18 Å². The highest BCUT2D eigenvalue weighted by Gasteiger charge is 2.31. The molecule has 1 aromatic rings. The van der Waals surface area contributed by atoms with Crippen molar-refractivity contribution in [2.45, 2.75) is 32.0 Å². The van der Waals surface area contributed by atoms with E-state index in [2.05, 4.69) is 5.32 Å². The van der Waals surface area contributed by atoms with Gasteiger partial charge in [0, 0.05) is 23.3 Å². The number of nitrogens with one attached hydrogen (secondary N) is 1. The number of benzene rings is 1. The van der Waals surface area contributed by atoms with E-state index in [1.165, 1.54) is 6.07 Å².